The lowest BCUT2D eigenvalue weighted by atomic mass is 10.2. The Kier molecular flexibility index (Phi) is 3.98. The van der Waals surface area contributed by atoms with Crippen molar-refractivity contribution in [3.63, 3.8) is 0 Å². The summed E-state index contributed by atoms with van der Waals surface area (Å²) < 4.78 is 0. The molecular formula is C11H13N3O4. The number of hydrogen-bond donors (Lipinski definition) is 3. The Hall–Kier alpha value is -2.44. The zero-order valence-corrected chi connectivity index (χ0v) is 9.93. The van der Waals surface area contributed by atoms with Crippen LogP contribution in [0, 0.1) is 6.92 Å². The largest absolute Gasteiger partial charge is 0.478 e. The number of primary amides is 1. The van der Waals surface area contributed by atoms with Crippen LogP contribution in [-0.2, 0) is 4.79 Å². The van der Waals surface area contributed by atoms with Crippen LogP contribution in [0.15, 0.2) is 12.1 Å². The summed E-state index contributed by atoms with van der Waals surface area (Å²) in [5.74, 6) is -2.36. The predicted molar refractivity (Wildman–Crippen MR) is 62.1 cm³/mol. The number of nitrogens with zero attached hydrogens (tertiary/aromatic N) is 1. The van der Waals surface area contributed by atoms with Crippen molar-refractivity contribution in [2.45, 2.75) is 19.9 Å². The van der Waals surface area contributed by atoms with Gasteiger partial charge in [0.2, 0.25) is 5.91 Å². The van der Waals surface area contributed by atoms with Crippen LogP contribution in [0.25, 0.3) is 0 Å². The molecule has 1 rings (SSSR count). The van der Waals surface area contributed by atoms with Gasteiger partial charge in [-0.25, -0.2) is 9.78 Å². The van der Waals surface area contributed by atoms with Crippen molar-refractivity contribution in [3.8, 4) is 0 Å². The van der Waals surface area contributed by atoms with Gasteiger partial charge in [0.05, 0.1) is 11.3 Å². The van der Waals surface area contributed by atoms with E-state index in [0.29, 0.717) is 0 Å². The van der Waals surface area contributed by atoms with E-state index < -0.39 is 23.8 Å². The van der Waals surface area contributed by atoms with Gasteiger partial charge >= 0.3 is 5.97 Å². The molecule has 0 spiro atoms. The summed E-state index contributed by atoms with van der Waals surface area (Å²) >= 11 is 0. The lowest BCUT2D eigenvalue weighted by Gasteiger charge is -2.10. The van der Waals surface area contributed by atoms with Gasteiger partial charge in [0.1, 0.15) is 11.7 Å². The van der Waals surface area contributed by atoms with Gasteiger partial charge in [0.25, 0.3) is 5.91 Å². The fourth-order valence-electron chi connectivity index (χ4n) is 1.26. The molecule has 0 radical (unpaired) electrons. The first-order valence-electron chi connectivity index (χ1n) is 5.14. The minimum absolute atomic E-state index is 0.0227. The van der Waals surface area contributed by atoms with Gasteiger partial charge in [-0.2, -0.15) is 0 Å². The Bertz CT molecular complexity index is 513. The maximum atomic E-state index is 11.7. The van der Waals surface area contributed by atoms with Crippen molar-refractivity contribution in [3.05, 3.63) is 29.1 Å². The van der Waals surface area contributed by atoms with E-state index >= 15 is 0 Å². The van der Waals surface area contributed by atoms with Crippen molar-refractivity contribution in [1.82, 2.24) is 10.3 Å². The molecule has 7 nitrogen and oxygen atoms in total. The van der Waals surface area contributed by atoms with Gasteiger partial charge in [-0.15, -0.1) is 0 Å². The van der Waals surface area contributed by atoms with Crippen LogP contribution in [0.4, 0.5) is 0 Å². The number of amides is 2. The number of aromatic nitrogens is 1. The minimum atomic E-state index is -1.11. The fourth-order valence-corrected chi connectivity index (χ4v) is 1.26. The molecule has 96 valence electrons. The van der Waals surface area contributed by atoms with Crippen LogP contribution in [0.2, 0.25) is 0 Å². The monoisotopic (exact) mass is 251 g/mol. The van der Waals surface area contributed by atoms with Crippen LogP contribution in [0.1, 0.15) is 33.5 Å². The van der Waals surface area contributed by atoms with E-state index in [2.05, 4.69) is 10.3 Å². The maximum absolute atomic E-state index is 11.7. The summed E-state index contributed by atoms with van der Waals surface area (Å²) in [4.78, 5) is 37.1. The summed E-state index contributed by atoms with van der Waals surface area (Å²) in [6, 6.07) is 1.74. The molecule has 0 bridgehead atoms. The molecule has 1 heterocycles. The molecule has 0 aliphatic carbocycles. The van der Waals surface area contributed by atoms with E-state index in [0.717, 1.165) is 0 Å². The van der Waals surface area contributed by atoms with Crippen molar-refractivity contribution in [2.24, 2.45) is 5.73 Å². The molecule has 0 saturated carbocycles. The fraction of sp³-hybridized carbons (Fsp3) is 0.273. The van der Waals surface area contributed by atoms with E-state index in [4.69, 9.17) is 10.8 Å². The number of nitrogens with two attached hydrogens (primary N) is 1. The average Bonchev–Trinajstić information content (AvgIpc) is 2.27. The highest BCUT2D eigenvalue weighted by Gasteiger charge is 2.16. The highest BCUT2D eigenvalue weighted by Crippen LogP contribution is 2.07. The van der Waals surface area contributed by atoms with E-state index in [1.54, 1.807) is 0 Å². The van der Waals surface area contributed by atoms with Crippen molar-refractivity contribution < 1.29 is 19.5 Å². The third-order valence-electron chi connectivity index (χ3n) is 2.32. The van der Waals surface area contributed by atoms with Crippen LogP contribution >= 0.6 is 0 Å². The molecule has 0 saturated heterocycles. The Morgan fingerprint density at radius 3 is 2.44 bits per heavy atom. The number of carboxylic acid groups (broad SMARTS) is 1. The van der Waals surface area contributed by atoms with E-state index in [9.17, 15) is 14.4 Å². The topological polar surface area (TPSA) is 122 Å². The molecule has 1 atom stereocenters. The minimum Gasteiger partial charge on any atom is -0.478 e. The van der Waals surface area contributed by atoms with Crippen molar-refractivity contribution in [2.75, 3.05) is 0 Å². The molecule has 0 fully saturated rings. The smallest absolute Gasteiger partial charge is 0.337 e. The first kappa shape index (κ1) is 13.6. The Balaban J connectivity index is 2.91. The van der Waals surface area contributed by atoms with Crippen LogP contribution in [0.3, 0.4) is 0 Å². The number of rotatable bonds is 4. The molecule has 1 aromatic heterocycles. The quantitative estimate of drug-likeness (QED) is 0.677. The number of aryl methyl sites for hydroxylation is 1. The molecule has 1 unspecified atom stereocenters. The molecule has 2 amide bonds. The van der Waals surface area contributed by atoms with E-state index in [1.807, 2.05) is 0 Å². The van der Waals surface area contributed by atoms with Gasteiger partial charge in [0.15, 0.2) is 0 Å². The summed E-state index contributed by atoms with van der Waals surface area (Å²) in [6.45, 7) is 2.93. The summed E-state index contributed by atoms with van der Waals surface area (Å²) in [7, 11) is 0. The van der Waals surface area contributed by atoms with Crippen molar-refractivity contribution in [1.29, 1.82) is 0 Å². The highest BCUT2D eigenvalue weighted by atomic mass is 16.4. The van der Waals surface area contributed by atoms with Gasteiger partial charge in [-0.1, -0.05) is 0 Å². The van der Waals surface area contributed by atoms with Gasteiger partial charge < -0.3 is 16.2 Å². The molecule has 7 heteroatoms. The second-order valence-electron chi connectivity index (χ2n) is 3.73. The lowest BCUT2D eigenvalue weighted by molar-refractivity contribution is -0.119. The Labute approximate surface area is 103 Å². The average molecular weight is 251 g/mol. The number of aromatic carboxylic acids is 1. The van der Waals surface area contributed by atoms with Gasteiger partial charge in [-0.05, 0) is 26.0 Å². The zero-order chi connectivity index (χ0) is 13.9. The number of carboxylic acids is 1. The highest BCUT2D eigenvalue weighted by molar-refractivity contribution is 5.96. The normalized spacial score (nSPS) is 11.7. The first-order valence-corrected chi connectivity index (χ1v) is 5.14. The number of nitrogens with one attached hydrogen (secondary N) is 1. The molecule has 18 heavy (non-hydrogen) atoms. The lowest BCUT2D eigenvalue weighted by Crippen LogP contribution is -2.42. The summed E-state index contributed by atoms with van der Waals surface area (Å²) in [6.07, 6.45) is 0. The van der Waals surface area contributed by atoms with Gasteiger partial charge in [-0.3, -0.25) is 9.59 Å². The van der Waals surface area contributed by atoms with Gasteiger partial charge in [0, 0.05) is 0 Å². The zero-order valence-electron chi connectivity index (χ0n) is 9.93. The molecule has 0 aliphatic rings. The third-order valence-corrected chi connectivity index (χ3v) is 2.32. The maximum Gasteiger partial charge on any atom is 0.337 e. The number of carbonyl (C=O) groups excluding carboxylic acids is 2. The second kappa shape index (κ2) is 5.26. The number of carbonyl (C=O) groups is 3. The molecular weight excluding hydrogens is 238 g/mol. The third kappa shape index (κ3) is 3.03. The van der Waals surface area contributed by atoms with E-state index in [1.165, 1.54) is 26.0 Å². The Morgan fingerprint density at radius 2 is 2.00 bits per heavy atom. The predicted octanol–water partition coefficient (Wildman–Crippen LogP) is -0.308. The van der Waals surface area contributed by atoms with Crippen LogP contribution < -0.4 is 11.1 Å². The van der Waals surface area contributed by atoms with Crippen LogP contribution in [-0.4, -0.2) is 33.9 Å². The standard InChI is InChI=1S/C11H13N3O4/c1-5-7(11(17)18)3-4-8(13-5)10(16)14-6(2)9(12)15/h3-4,6H,1-2H3,(H2,12,15)(H,14,16)(H,17,18). The first-order chi connectivity index (χ1) is 8.32. The molecule has 1 aromatic rings. The summed E-state index contributed by atoms with van der Waals surface area (Å²) in [5.41, 5.74) is 5.28. The number of pyridine rings is 1. The second-order valence-corrected chi connectivity index (χ2v) is 3.73. The SMILES string of the molecule is Cc1nc(C(=O)NC(C)C(N)=O)ccc1C(=O)O. The molecule has 4 N–H and O–H groups in total. The molecule has 0 aromatic carbocycles. The number of hydrogen-bond acceptors (Lipinski definition) is 4. The summed E-state index contributed by atoms with van der Waals surface area (Å²) in [5, 5.41) is 11.2. The Morgan fingerprint density at radius 1 is 1.39 bits per heavy atom. The van der Waals surface area contributed by atoms with E-state index in [-0.39, 0.29) is 17.0 Å². The van der Waals surface area contributed by atoms with Crippen LogP contribution in [0.5, 0.6) is 0 Å². The molecule has 0 aliphatic heterocycles. The van der Waals surface area contributed by atoms with Crippen molar-refractivity contribution >= 4 is 17.8 Å².